The van der Waals surface area contributed by atoms with Crippen molar-refractivity contribution in [2.24, 2.45) is 0 Å². The van der Waals surface area contributed by atoms with Crippen LogP contribution in [0.3, 0.4) is 0 Å². The van der Waals surface area contributed by atoms with Gasteiger partial charge < -0.3 is 39.1 Å². The number of likely N-dealkylation sites (N-methyl/N-ethyl adjacent to an activating group) is 1. The molecule has 3 saturated heterocycles. The zero-order chi connectivity index (χ0) is 36.2. The summed E-state index contributed by atoms with van der Waals surface area (Å²) in [5.74, 6) is 3.53. The summed E-state index contributed by atoms with van der Waals surface area (Å²) in [5.41, 5.74) is 3.21. The number of aromatic nitrogens is 2. The molecule has 1 unspecified atom stereocenters. The van der Waals surface area contributed by atoms with E-state index >= 15 is 0 Å². The second-order valence-corrected chi connectivity index (χ2v) is 14.4. The van der Waals surface area contributed by atoms with E-state index in [0.29, 0.717) is 63.2 Å². The number of piperazine rings is 1. The number of methoxy groups -OCH3 is 1. The molecule has 3 atom stereocenters. The number of phenols is 1. The van der Waals surface area contributed by atoms with E-state index < -0.39 is 12.1 Å². The number of rotatable bonds is 10. The minimum Gasteiger partial charge on any atom is -0.508 e. The Labute approximate surface area is 306 Å². The normalized spacial score (nSPS) is 23.3. The van der Waals surface area contributed by atoms with Crippen LogP contribution >= 0.6 is 0 Å². The zero-order valence-corrected chi connectivity index (χ0v) is 30.2. The molecular weight excluding hydrogens is 660 g/mol. The molecular formula is C40H50N6O6. The van der Waals surface area contributed by atoms with Crippen LogP contribution < -0.4 is 9.64 Å². The fourth-order valence-corrected chi connectivity index (χ4v) is 8.16. The van der Waals surface area contributed by atoms with Crippen LogP contribution in [0.15, 0.2) is 42.5 Å². The van der Waals surface area contributed by atoms with E-state index in [9.17, 15) is 15.0 Å². The second-order valence-electron chi connectivity index (χ2n) is 14.4. The van der Waals surface area contributed by atoms with Crippen LogP contribution in [0, 0.1) is 12.3 Å². The number of anilines is 1. The van der Waals surface area contributed by atoms with Gasteiger partial charge in [-0.1, -0.05) is 24.1 Å². The number of likely N-dealkylation sites (tertiary alicyclic amines) is 2. The maximum atomic E-state index is 13.4. The van der Waals surface area contributed by atoms with Crippen LogP contribution in [0.2, 0.25) is 0 Å². The number of aliphatic hydroxyl groups is 1. The van der Waals surface area contributed by atoms with E-state index in [4.69, 9.17) is 30.6 Å². The molecule has 3 fully saturated rings. The number of benzene rings is 2. The molecule has 2 N–H and O–H groups in total. The number of terminal acetylenes is 1. The molecule has 0 aliphatic carbocycles. The summed E-state index contributed by atoms with van der Waals surface area (Å²) in [7, 11) is 3.88. The highest BCUT2D eigenvalue weighted by atomic mass is 16.5. The number of amides is 1. The summed E-state index contributed by atoms with van der Waals surface area (Å²) < 4.78 is 18.3. The van der Waals surface area contributed by atoms with E-state index in [2.05, 4.69) is 27.7 Å². The van der Waals surface area contributed by atoms with E-state index in [0.717, 1.165) is 78.5 Å². The third-order valence-corrected chi connectivity index (χ3v) is 11.2. The molecule has 0 saturated carbocycles. The van der Waals surface area contributed by atoms with Crippen molar-refractivity contribution in [1.29, 1.82) is 0 Å². The van der Waals surface area contributed by atoms with Crippen molar-refractivity contribution in [3.63, 3.8) is 0 Å². The molecule has 4 aliphatic rings. The lowest BCUT2D eigenvalue weighted by atomic mass is 9.92. The smallest absolute Gasteiger partial charge is 0.318 e. The number of phenolic OH excluding ortho intramolecular Hbond substituents is 1. The summed E-state index contributed by atoms with van der Waals surface area (Å²) in [4.78, 5) is 31.8. The molecule has 52 heavy (non-hydrogen) atoms. The maximum Gasteiger partial charge on any atom is 0.318 e. The van der Waals surface area contributed by atoms with Gasteiger partial charge in [0, 0.05) is 81.4 Å². The van der Waals surface area contributed by atoms with Crippen molar-refractivity contribution >= 4 is 22.5 Å². The largest absolute Gasteiger partial charge is 0.508 e. The minimum absolute atomic E-state index is 0.101. The predicted octanol–water partition coefficient (Wildman–Crippen LogP) is 3.28. The average Bonchev–Trinajstić information content (AvgIpc) is 3.59. The Balaban J connectivity index is 1.12. The highest BCUT2D eigenvalue weighted by Gasteiger charge is 2.35. The topological polar surface area (TPSA) is 124 Å². The monoisotopic (exact) mass is 710 g/mol. The van der Waals surface area contributed by atoms with Gasteiger partial charge in [0.15, 0.2) is 0 Å². The van der Waals surface area contributed by atoms with Gasteiger partial charge in [0.25, 0.3) is 0 Å². The standard InChI is InChI=1S/C40H50N6O6/c1-4-27-8-5-9-28-20-31(48)21-33(38(27)28)36-22-35-34(26-51-36)39(42-40(41-35)52-25-29-10-6-14-43(29)2)45-18-19-46(30(23-45)24-47)37(49)11-7-15-44-16-12-32(50-3)13-17-44/h1,5,7-9,11,20-21,29-30,32,36,47-48H,6,10,12-19,22-26H2,2-3H3/b11-7+/t29-,30+,36?/m0/s1. The number of nitrogens with zero attached hydrogens (tertiary/aromatic N) is 6. The quantitative estimate of drug-likeness (QED) is 0.238. The lowest BCUT2D eigenvalue weighted by molar-refractivity contribution is -0.129. The summed E-state index contributed by atoms with van der Waals surface area (Å²) in [5, 5.41) is 22.9. The number of carbonyl (C=O) groups is 1. The number of aliphatic hydroxyl groups excluding tert-OH is 1. The molecule has 12 nitrogen and oxygen atoms in total. The number of fused-ring (bicyclic) bond motifs is 2. The fourth-order valence-electron chi connectivity index (χ4n) is 8.16. The Morgan fingerprint density at radius 3 is 2.71 bits per heavy atom. The molecule has 0 bridgehead atoms. The van der Waals surface area contributed by atoms with Crippen molar-refractivity contribution in [2.45, 2.75) is 63.0 Å². The van der Waals surface area contributed by atoms with Gasteiger partial charge in [-0.15, -0.1) is 6.42 Å². The Morgan fingerprint density at radius 1 is 1.12 bits per heavy atom. The lowest BCUT2D eigenvalue weighted by Crippen LogP contribution is -2.57. The lowest BCUT2D eigenvalue weighted by Gasteiger charge is -2.42. The van der Waals surface area contributed by atoms with Gasteiger partial charge in [-0.3, -0.25) is 9.69 Å². The predicted molar refractivity (Wildman–Crippen MR) is 198 cm³/mol. The number of ether oxygens (including phenoxy) is 3. The first-order chi connectivity index (χ1) is 25.3. The van der Waals surface area contributed by atoms with E-state index in [1.54, 1.807) is 30.2 Å². The van der Waals surface area contributed by atoms with Gasteiger partial charge in [-0.05, 0) is 68.4 Å². The molecule has 1 amide bonds. The van der Waals surface area contributed by atoms with Crippen LogP contribution in [-0.4, -0.2) is 132 Å². The molecule has 0 spiro atoms. The summed E-state index contributed by atoms with van der Waals surface area (Å²) >= 11 is 0. The van der Waals surface area contributed by atoms with Gasteiger partial charge in [0.1, 0.15) is 18.2 Å². The molecule has 4 aliphatic heterocycles. The molecule has 7 rings (SSSR count). The highest BCUT2D eigenvalue weighted by molar-refractivity contribution is 5.92. The van der Waals surface area contributed by atoms with Crippen molar-refractivity contribution in [2.75, 3.05) is 78.1 Å². The zero-order valence-electron chi connectivity index (χ0n) is 30.2. The van der Waals surface area contributed by atoms with Crippen LogP contribution in [0.4, 0.5) is 5.82 Å². The first kappa shape index (κ1) is 36.1. The molecule has 0 radical (unpaired) electrons. The maximum absolute atomic E-state index is 13.4. The van der Waals surface area contributed by atoms with Crippen molar-refractivity contribution in [3.8, 4) is 24.1 Å². The van der Waals surface area contributed by atoms with Crippen LogP contribution in [0.5, 0.6) is 11.8 Å². The van der Waals surface area contributed by atoms with Gasteiger partial charge in [0.2, 0.25) is 5.91 Å². The minimum atomic E-state index is -0.413. The van der Waals surface area contributed by atoms with Gasteiger partial charge in [-0.2, -0.15) is 9.97 Å². The molecule has 3 aromatic rings. The average molecular weight is 711 g/mol. The molecule has 1 aromatic heterocycles. The van der Waals surface area contributed by atoms with Crippen LogP contribution in [0.1, 0.15) is 54.2 Å². The fraction of sp³-hybridized carbons (Fsp3) is 0.525. The molecule has 2 aromatic carbocycles. The third kappa shape index (κ3) is 7.75. The van der Waals surface area contributed by atoms with Crippen LogP contribution in [-0.2, 0) is 27.3 Å². The number of hydrogen-bond acceptors (Lipinski definition) is 11. The number of aromatic hydroxyl groups is 1. The second kappa shape index (κ2) is 16.2. The molecule has 276 valence electrons. The van der Waals surface area contributed by atoms with E-state index in [1.165, 1.54) is 0 Å². The van der Waals surface area contributed by atoms with Crippen molar-refractivity contribution < 1.29 is 29.2 Å². The summed E-state index contributed by atoms with van der Waals surface area (Å²) in [6, 6.07) is 9.35. The SMILES string of the molecule is C#Cc1cccc2cc(O)cc(C3Cc4nc(OC[C@@H]5CCCN5C)nc(N5CCN(C(=O)/C=C/CN6CCC(OC)CC6)[C@@H](CO)C5)c4CO3)c12. The van der Waals surface area contributed by atoms with Gasteiger partial charge in [0.05, 0.1) is 37.2 Å². The molecule has 5 heterocycles. The summed E-state index contributed by atoms with van der Waals surface area (Å²) in [6.07, 6.45) is 14.0. The Hall–Kier alpha value is -4.25. The van der Waals surface area contributed by atoms with E-state index in [1.807, 2.05) is 24.3 Å². The Morgan fingerprint density at radius 2 is 1.96 bits per heavy atom. The van der Waals surface area contributed by atoms with Gasteiger partial charge in [-0.25, -0.2) is 0 Å². The number of piperidine rings is 1. The Kier molecular flexibility index (Phi) is 11.2. The highest BCUT2D eigenvalue weighted by Crippen LogP contribution is 2.40. The molecule has 12 heteroatoms. The Bertz CT molecular complexity index is 1820. The first-order valence-electron chi connectivity index (χ1n) is 18.5. The van der Waals surface area contributed by atoms with Crippen molar-refractivity contribution in [1.82, 2.24) is 24.7 Å². The van der Waals surface area contributed by atoms with Crippen LogP contribution in [0.25, 0.3) is 10.8 Å². The van der Waals surface area contributed by atoms with Gasteiger partial charge >= 0.3 is 6.01 Å². The first-order valence-corrected chi connectivity index (χ1v) is 18.5. The number of carbonyl (C=O) groups excluding carboxylic acids is 1. The third-order valence-electron chi connectivity index (χ3n) is 11.2. The number of hydrogen-bond donors (Lipinski definition) is 2. The van der Waals surface area contributed by atoms with E-state index in [-0.39, 0.29) is 24.9 Å². The summed E-state index contributed by atoms with van der Waals surface area (Å²) in [6.45, 7) is 5.55. The van der Waals surface area contributed by atoms with Crippen molar-refractivity contribution in [3.05, 3.63) is 64.9 Å².